The van der Waals surface area contributed by atoms with Crippen LogP contribution in [0.2, 0.25) is 0 Å². The van der Waals surface area contributed by atoms with Gasteiger partial charge < -0.3 is 10.5 Å². The zero-order valence-electron chi connectivity index (χ0n) is 10.4. The van der Waals surface area contributed by atoms with Crippen molar-refractivity contribution in [2.75, 3.05) is 5.32 Å². The monoisotopic (exact) mass is 266 g/mol. The molecule has 0 unspecified atom stereocenters. The largest absolute Gasteiger partial charge is 0.593 e. The highest BCUT2D eigenvalue weighted by Gasteiger charge is 2.18. The standard InChI is InChI=1S/C14H10N4O2/c15-10-16-18(20)13-9-5-4-8-12(13)14(19)17-11-6-2-1-3-7-11/h1-9H,(H,17,19). The normalized spacial score (nSPS) is 10.7. The van der Waals surface area contributed by atoms with Crippen molar-refractivity contribution >= 4 is 17.3 Å². The molecule has 20 heavy (non-hydrogen) atoms. The highest BCUT2D eigenvalue weighted by Crippen LogP contribution is 2.20. The average Bonchev–Trinajstić information content (AvgIpc) is 2.48. The van der Waals surface area contributed by atoms with E-state index in [2.05, 4.69) is 10.4 Å². The molecule has 6 nitrogen and oxygen atoms in total. The van der Waals surface area contributed by atoms with Crippen LogP contribution in [0.3, 0.4) is 0 Å². The lowest BCUT2D eigenvalue weighted by atomic mass is 10.1. The van der Waals surface area contributed by atoms with Crippen LogP contribution >= 0.6 is 0 Å². The molecule has 1 N–H and O–H groups in total. The summed E-state index contributed by atoms with van der Waals surface area (Å²) in [5.74, 6) is -0.444. The number of nitrogens with one attached hydrogen (secondary N) is 1. The molecular formula is C14H10N4O2. The van der Waals surface area contributed by atoms with E-state index in [-0.39, 0.29) is 16.1 Å². The van der Waals surface area contributed by atoms with Gasteiger partial charge in [0.1, 0.15) is 5.56 Å². The first-order valence-corrected chi connectivity index (χ1v) is 5.75. The fraction of sp³-hybridized carbons (Fsp3) is 0. The summed E-state index contributed by atoms with van der Waals surface area (Å²) < 4.78 is 0. The molecule has 1 amide bonds. The second kappa shape index (κ2) is 6.11. The maximum Gasteiger partial charge on any atom is 0.274 e. The zero-order chi connectivity index (χ0) is 14.4. The maximum absolute atomic E-state index is 12.1. The molecule has 0 saturated heterocycles. The van der Waals surface area contributed by atoms with Gasteiger partial charge in [-0.05, 0) is 23.1 Å². The number of amides is 1. The van der Waals surface area contributed by atoms with Crippen molar-refractivity contribution in [3.05, 3.63) is 65.4 Å². The van der Waals surface area contributed by atoms with E-state index in [4.69, 9.17) is 5.26 Å². The number of hydrogen-bond donors (Lipinski definition) is 1. The van der Waals surface area contributed by atoms with Gasteiger partial charge in [0.25, 0.3) is 17.8 Å². The third-order valence-electron chi connectivity index (χ3n) is 2.52. The first-order valence-electron chi connectivity index (χ1n) is 5.75. The highest BCUT2D eigenvalue weighted by atomic mass is 16.5. The van der Waals surface area contributed by atoms with E-state index >= 15 is 0 Å². The SMILES string of the molecule is N#CN=[N+]([O-])c1ccccc1C(=O)Nc1ccccc1. The predicted molar refractivity (Wildman–Crippen MR) is 72.2 cm³/mol. The Labute approximate surface area is 115 Å². The summed E-state index contributed by atoms with van der Waals surface area (Å²) in [7, 11) is 0. The second-order valence-electron chi connectivity index (χ2n) is 3.81. The minimum Gasteiger partial charge on any atom is -0.593 e. The fourth-order valence-corrected chi connectivity index (χ4v) is 1.65. The molecule has 0 aromatic heterocycles. The van der Waals surface area contributed by atoms with Crippen LogP contribution in [0.15, 0.2) is 59.7 Å². The van der Waals surface area contributed by atoms with E-state index in [0.29, 0.717) is 5.69 Å². The van der Waals surface area contributed by atoms with Gasteiger partial charge in [0, 0.05) is 11.8 Å². The van der Waals surface area contributed by atoms with E-state index < -0.39 is 5.91 Å². The molecule has 0 heterocycles. The third kappa shape index (κ3) is 2.97. The van der Waals surface area contributed by atoms with Crippen molar-refractivity contribution in [2.45, 2.75) is 0 Å². The summed E-state index contributed by atoms with van der Waals surface area (Å²) in [5, 5.41) is 25.7. The molecule has 98 valence electrons. The van der Waals surface area contributed by atoms with Crippen LogP contribution in [-0.2, 0) is 0 Å². The summed E-state index contributed by atoms with van der Waals surface area (Å²) in [4.78, 5) is 12.3. The molecule has 0 aliphatic carbocycles. The highest BCUT2D eigenvalue weighted by molar-refractivity contribution is 6.06. The molecular weight excluding hydrogens is 256 g/mol. The number of para-hydroxylation sites is 2. The maximum atomic E-state index is 12.1. The van der Waals surface area contributed by atoms with Crippen LogP contribution < -0.4 is 5.32 Å². The van der Waals surface area contributed by atoms with E-state index in [0.717, 1.165) is 0 Å². The number of anilines is 1. The summed E-state index contributed by atoms with van der Waals surface area (Å²) in [6, 6.07) is 15.0. The molecule has 0 aliphatic heterocycles. The number of carbonyl (C=O) groups excluding carboxylic acids is 1. The summed E-state index contributed by atoms with van der Waals surface area (Å²) in [6.07, 6.45) is 1.39. The predicted octanol–water partition coefficient (Wildman–Crippen LogP) is 3.01. The Bertz CT molecular complexity index is 690. The molecule has 0 fully saturated rings. The number of benzene rings is 2. The molecule has 0 atom stereocenters. The van der Waals surface area contributed by atoms with Gasteiger partial charge in [-0.1, -0.05) is 30.3 Å². The first-order chi connectivity index (χ1) is 9.72. The summed E-state index contributed by atoms with van der Waals surface area (Å²) in [5.41, 5.74) is 0.773. The Morgan fingerprint density at radius 1 is 1.15 bits per heavy atom. The van der Waals surface area contributed by atoms with Crippen molar-refractivity contribution < 1.29 is 9.66 Å². The van der Waals surface area contributed by atoms with Crippen LogP contribution in [0.5, 0.6) is 0 Å². The third-order valence-corrected chi connectivity index (χ3v) is 2.52. The Balaban J connectivity index is 2.32. The van der Waals surface area contributed by atoms with Crippen LogP contribution in [0.4, 0.5) is 11.4 Å². The van der Waals surface area contributed by atoms with Gasteiger partial charge in [0.05, 0.1) is 5.11 Å². The van der Waals surface area contributed by atoms with Crippen molar-refractivity contribution in [3.63, 3.8) is 0 Å². The van der Waals surface area contributed by atoms with Crippen LogP contribution in [0.25, 0.3) is 0 Å². The fourth-order valence-electron chi connectivity index (χ4n) is 1.65. The van der Waals surface area contributed by atoms with Crippen molar-refractivity contribution in [2.24, 2.45) is 5.11 Å². The zero-order valence-corrected chi connectivity index (χ0v) is 10.4. The van der Waals surface area contributed by atoms with E-state index in [9.17, 15) is 10.0 Å². The average molecular weight is 266 g/mol. The van der Waals surface area contributed by atoms with Gasteiger partial charge in [-0.25, -0.2) is 0 Å². The molecule has 2 aromatic carbocycles. The van der Waals surface area contributed by atoms with E-state index in [1.165, 1.54) is 18.3 Å². The first kappa shape index (κ1) is 13.2. The quantitative estimate of drug-likeness (QED) is 0.400. The molecule has 0 aliphatic rings. The Hall–Kier alpha value is -3.20. The number of carbonyl (C=O) groups is 1. The minimum atomic E-state index is -0.444. The van der Waals surface area contributed by atoms with Gasteiger partial charge in [0.15, 0.2) is 0 Å². The Kier molecular flexibility index (Phi) is 4.04. The number of azo groups is 1. The van der Waals surface area contributed by atoms with Crippen LogP contribution in [0.1, 0.15) is 10.4 Å². The minimum absolute atomic E-state index is 0.0162. The van der Waals surface area contributed by atoms with E-state index in [1.807, 2.05) is 6.07 Å². The number of hydrogen-bond acceptors (Lipinski definition) is 4. The van der Waals surface area contributed by atoms with Gasteiger partial charge in [-0.15, -0.1) is 0 Å². The van der Waals surface area contributed by atoms with Crippen molar-refractivity contribution in [1.29, 1.82) is 5.26 Å². The van der Waals surface area contributed by atoms with Crippen molar-refractivity contribution in [3.8, 4) is 6.19 Å². The Morgan fingerprint density at radius 2 is 1.80 bits per heavy atom. The van der Waals surface area contributed by atoms with Gasteiger partial charge in [-0.3, -0.25) is 4.79 Å². The van der Waals surface area contributed by atoms with E-state index in [1.54, 1.807) is 36.4 Å². The molecule has 0 radical (unpaired) electrons. The lowest BCUT2D eigenvalue weighted by Crippen LogP contribution is -2.13. The summed E-state index contributed by atoms with van der Waals surface area (Å²) >= 11 is 0. The number of rotatable bonds is 3. The number of nitrogens with zero attached hydrogens (tertiary/aromatic N) is 3. The second-order valence-corrected chi connectivity index (χ2v) is 3.81. The van der Waals surface area contributed by atoms with Gasteiger partial charge in [-0.2, -0.15) is 5.26 Å². The number of nitriles is 1. The molecule has 2 rings (SSSR count). The smallest absolute Gasteiger partial charge is 0.274 e. The van der Waals surface area contributed by atoms with Crippen molar-refractivity contribution in [1.82, 2.24) is 0 Å². The molecule has 0 bridgehead atoms. The Morgan fingerprint density at radius 3 is 2.50 bits per heavy atom. The van der Waals surface area contributed by atoms with Crippen LogP contribution in [-0.4, -0.2) is 10.8 Å². The lowest BCUT2D eigenvalue weighted by Gasteiger charge is -2.07. The molecule has 6 heteroatoms. The van der Waals surface area contributed by atoms with Gasteiger partial charge >= 0.3 is 0 Å². The molecule has 0 saturated carbocycles. The molecule has 2 aromatic rings. The van der Waals surface area contributed by atoms with Crippen LogP contribution in [0, 0.1) is 16.7 Å². The molecule has 0 spiro atoms. The topological polar surface area (TPSA) is 91.3 Å². The van der Waals surface area contributed by atoms with Gasteiger partial charge in [0.2, 0.25) is 0 Å². The lowest BCUT2D eigenvalue weighted by molar-refractivity contribution is -0.435. The summed E-state index contributed by atoms with van der Waals surface area (Å²) in [6.45, 7) is 0.